The lowest BCUT2D eigenvalue weighted by Crippen LogP contribution is -2.64. The fourth-order valence-electron chi connectivity index (χ4n) is 2.86. The zero-order valence-electron chi connectivity index (χ0n) is 13.0. The first-order valence-corrected chi connectivity index (χ1v) is 7.53. The predicted octanol–water partition coefficient (Wildman–Crippen LogP) is 3.60. The van der Waals surface area contributed by atoms with E-state index in [9.17, 15) is 0 Å². The molecular formula is C17H28N2. The normalized spacial score (nSPS) is 27.9. The van der Waals surface area contributed by atoms with Crippen LogP contribution in [0.15, 0.2) is 24.3 Å². The first-order valence-electron chi connectivity index (χ1n) is 7.53. The number of aryl methyl sites for hydroxylation is 1. The second-order valence-corrected chi connectivity index (χ2v) is 6.57. The van der Waals surface area contributed by atoms with E-state index in [-0.39, 0.29) is 5.54 Å². The highest BCUT2D eigenvalue weighted by Gasteiger charge is 2.35. The number of anilines is 1. The van der Waals surface area contributed by atoms with Crippen molar-refractivity contribution in [3.05, 3.63) is 29.8 Å². The number of nitrogens with one attached hydrogen (secondary N) is 1. The van der Waals surface area contributed by atoms with E-state index >= 15 is 0 Å². The third-order valence-electron chi connectivity index (χ3n) is 4.57. The maximum Gasteiger partial charge on any atom is 0.0438 e. The number of rotatable bonds is 3. The molecule has 2 unspecified atom stereocenters. The molecule has 2 nitrogen and oxygen atoms in total. The molecule has 0 aliphatic carbocycles. The number of hydrogen-bond donors (Lipinski definition) is 1. The van der Waals surface area contributed by atoms with Crippen molar-refractivity contribution < 1.29 is 0 Å². The van der Waals surface area contributed by atoms with E-state index in [0.717, 1.165) is 13.1 Å². The van der Waals surface area contributed by atoms with Gasteiger partial charge in [0, 0.05) is 30.4 Å². The van der Waals surface area contributed by atoms with Crippen LogP contribution in [-0.2, 0) is 0 Å². The summed E-state index contributed by atoms with van der Waals surface area (Å²) >= 11 is 0. The first-order chi connectivity index (χ1) is 8.95. The van der Waals surface area contributed by atoms with Crippen molar-refractivity contribution in [2.75, 3.05) is 18.0 Å². The summed E-state index contributed by atoms with van der Waals surface area (Å²) in [6.07, 6.45) is 1.17. The van der Waals surface area contributed by atoms with Gasteiger partial charge in [-0.25, -0.2) is 0 Å². The van der Waals surface area contributed by atoms with Crippen molar-refractivity contribution in [1.29, 1.82) is 0 Å². The van der Waals surface area contributed by atoms with Crippen molar-refractivity contribution >= 4 is 5.69 Å². The molecule has 106 valence electrons. The van der Waals surface area contributed by atoms with Crippen LogP contribution in [0.4, 0.5) is 5.69 Å². The van der Waals surface area contributed by atoms with Crippen LogP contribution < -0.4 is 10.2 Å². The maximum absolute atomic E-state index is 3.75. The van der Waals surface area contributed by atoms with E-state index in [2.05, 4.69) is 69.1 Å². The SMILES string of the molecule is CCC1(C)CN(c2ccc(C)cc2)C(C(C)C)CN1. The topological polar surface area (TPSA) is 15.3 Å². The van der Waals surface area contributed by atoms with Gasteiger partial charge in [0.1, 0.15) is 0 Å². The molecule has 2 rings (SSSR count). The average Bonchev–Trinajstić information content (AvgIpc) is 2.39. The van der Waals surface area contributed by atoms with Crippen LogP contribution in [0.25, 0.3) is 0 Å². The van der Waals surface area contributed by atoms with Gasteiger partial charge in [-0.2, -0.15) is 0 Å². The molecule has 1 aliphatic heterocycles. The van der Waals surface area contributed by atoms with Crippen molar-refractivity contribution in [3.8, 4) is 0 Å². The fraction of sp³-hybridized carbons (Fsp3) is 0.647. The molecule has 19 heavy (non-hydrogen) atoms. The summed E-state index contributed by atoms with van der Waals surface area (Å²) in [5.74, 6) is 0.662. The minimum atomic E-state index is 0.232. The lowest BCUT2D eigenvalue weighted by molar-refractivity contribution is 0.253. The van der Waals surface area contributed by atoms with Gasteiger partial charge in [0.05, 0.1) is 0 Å². The summed E-state index contributed by atoms with van der Waals surface area (Å²) in [4.78, 5) is 2.60. The van der Waals surface area contributed by atoms with E-state index in [4.69, 9.17) is 0 Å². The van der Waals surface area contributed by atoms with Crippen molar-refractivity contribution in [2.24, 2.45) is 5.92 Å². The molecule has 1 saturated heterocycles. The molecule has 0 radical (unpaired) electrons. The molecule has 0 saturated carbocycles. The standard InChI is InChI=1S/C17H28N2/c1-6-17(5)12-19(16(11-18-17)13(2)3)15-9-7-14(4)8-10-15/h7-10,13,16,18H,6,11-12H2,1-5H3. The van der Waals surface area contributed by atoms with Gasteiger partial charge in [-0.05, 0) is 38.3 Å². The fourth-order valence-corrected chi connectivity index (χ4v) is 2.86. The van der Waals surface area contributed by atoms with E-state index in [0.29, 0.717) is 12.0 Å². The molecule has 0 amide bonds. The molecule has 0 spiro atoms. The molecule has 0 aromatic heterocycles. The summed E-state index contributed by atoms with van der Waals surface area (Å²) in [6, 6.07) is 9.57. The van der Waals surface area contributed by atoms with Gasteiger partial charge in [0.2, 0.25) is 0 Å². The van der Waals surface area contributed by atoms with Gasteiger partial charge in [0.15, 0.2) is 0 Å². The van der Waals surface area contributed by atoms with Gasteiger partial charge in [-0.3, -0.25) is 0 Å². The second-order valence-electron chi connectivity index (χ2n) is 6.57. The Morgan fingerprint density at radius 2 is 1.95 bits per heavy atom. The van der Waals surface area contributed by atoms with Crippen LogP contribution in [0.5, 0.6) is 0 Å². The Bertz CT molecular complexity index is 410. The van der Waals surface area contributed by atoms with Gasteiger partial charge < -0.3 is 10.2 Å². The summed E-state index contributed by atoms with van der Waals surface area (Å²) < 4.78 is 0. The van der Waals surface area contributed by atoms with Gasteiger partial charge >= 0.3 is 0 Å². The smallest absolute Gasteiger partial charge is 0.0438 e. The highest BCUT2D eigenvalue weighted by Crippen LogP contribution is 2.28. The molecule has 1 aliphatic rings. The minimum absolute atomic E-state index is 0.232. The Kier molecular flexibility index (Phi) is 4.19. The van der Waals surface area contributed by atoms with Gasteiger partial charge in [-0.1, -0.05) is 38.5 Å². The first kappa shape index (κ1) is 14.4. The minimum Gasteiger partial charge on any atom is -0.365 e. The molecular weight excluding hydrogens is 232 g/mol. The van der Waals surface area contributed by atoms with E-state index < -0.39 is 0 Å². The molecule has 1 aromatic carbocycles. The third kappa shape index (κ3) is 3.11. The van der Waals surface area contributed by atoms with Crippen LogP contribution in [0.3, 0.4) is 0 Å². The number of nitrogens with zero attached hydrogens (tertiary/aromatic N) is 1. The molecule has 1 aromatic rings. The molecule has 2 atom stereocenters. The van der Waals surface area contributed by atoms with Crippen LogP contribution in [0, 0.1) is 12.8 Å². The lowest BCUT2D eigenvalue weighted by Gasteiger charge is -2.48. The van der Waals surface area contributed by atoms with Crippen molar-refractivity contribution in [1.82, 2.24) is 5.32 Å². The summed E-state index contributed by atoms with van der Waals surface area (Å²) in [7, 11) is 0. The Labute approximate surface area is 118 Å². The number of benzene rings is 1. The summed E-state index contributed by atoms with van der Waals surface area (Å²) in [5, 5.41) is 3.75. The third-order valence-corrected chi connectivity index (χ3v) is 4.57. The highest BCUT2D eigenvalue weighted by molar-refractivity contribution is 5.50. The van der Waals surface area contributed by atoms with Gasteiger partial charge in [0.25, 0.3) is 0 Å². The molecule has 2 heteroatoms. The zero-order chi connectivity index (χ0) is 14.0. The predicted molar refractivity (Wildman–Crippen MR) is 83.8 cm³/mol. The Morgan fingerprint density at radius 1 is 1.32 bits per heavy atom. The van der Waals surface area contributed by atoms with Crippen molar-refractivity contribution in [2.45, 2.75) is 52.6 Å². The van der Waals surface area contributed by atoms with Crippen molar-refractivity contribution in [3.63, 3.8) is 0 Å². The lowest BCUT2D eigenvalue weighted by atomic mass is 9.89. The number of hydrogen-bond acceptors (Lipinski definition) is 2. The van der Waals surface area contributed by atoms with E-state index in [1.165, 1.54) is 17.7 Å². The quantitative estimate of drug-likeness (QED) is 0.893. The van der Waals surface area contributed by atoms with E-state index in [1.54, 1.807) is 0 Å². The van der Waals surface area contributed by atoms with E-state index in [1.807, 2.05) is 0 Å². The Morgan fingerprint density at radius 3 is 2.47 bits per heavy atom. The van der Waals surface area contributed by atoms with Gasteiger partial charge in [-0.15, -0.1) is 0 Å². The largest absolute Gasteiger partial charge is 0.365 e. The maximum atomic E-state index is 3.75. The summed E-state index contributed by atoms with van der Waals surface area (Å²) in [6.45, 7) is 13.6. The summed E-state index contributed by atoms with van der Waals surface area (Å²) in [5.41, 5.74) is 2.93. The van der Waals surface area contributed by atoms with Crippen LogP contribution >= 0.6 is 0 Å². The van der Waals surface area contributed by atoms with Crippen LogP contribution in [-0.4, -0.2) is 24.7 Å². The number of piperazine rings is 1. The Hall–Kier alpha value is -1.02. The second kappa shape index (κ2) is 5.54. The molecule has 1 heterocycles. The average molecular weight is 260 g/mol. The molecule has 0 bridgehead atoms. The molecule has 1 N–H and O–H groups in total. The van der Waals surface area contributed by atoms with Crippen LogP contribution in [0.1, 0.15) is 39.7 Å². The monoisotopic (exact) mass is 260 g/mol. The highest BCUT2D eigenvalue weighted by atomic mass is 15.3. The van der Waals surface area contributed by atoms with Crippen LogP contribution in [0.2, 0.25) is 0 Å². The molecule has 1 fully saturated rings. The Balaban J connectivity index is 2.27. The zero-order valence-corrected chi connectivity index (χ0v) is 13.0.